The standard InChI is InChI=1S/C10H8ClF3O3/c1-2-17-10(16)9(15)6-4(12)3-5(13)7(11)8(6)14/h3,9,15H,2H2,1H3. The first kappa shape index (κ1) is 13.8. The number of esters is 1. The Bertz CT molecular complexity index is 451. The van der Waals surface area contributed by atoms with Crippen molar-refractivity contribution in [2.24, 2.45) is 0 Å². The van der Waals surface area contributed by atoms with E-state index < -0.39 is 40.1 Å². The maximum atomic E-state index is 13.4. The maximum absolute atomic E-state index is 13.4. The van der Waals surface area contributed by atoms with Crippen LogP contribution in [0.25, 0.3) is 0 Å². The molecule has 0 aromatic heterocycles. The lowest BCUT2D eigenvalue weighted by atomic mass is 10.1. The van der Waals surface area contributed by atoms with E-state index in [-0.39, 0.29) is 12.7 Å². The Labute approximate surface area is 99.8 Å². The Morgan fingerprint density at radius 1 is 1.47 bits per heavy atom. The average Bonchev–Trinajstić information content (AvgIpc) is 2.26. The van der Waals surface area contributed by atoms with Gasteiger partial charge in [0.15, 0.2) is 11.9 Å². The van der Waals surface area contributed by atoms with Gasteiger partial charge in [-0.15, -0.1) is 0 Å². The highest BCUT2D eigenvalue weighted by atomic mass is 35.5. The Balaban J connectivity index is 3.22. The first-order chi connectivity index (χ1) is 7.90. The first-order valence-corrected chi connectivity index (χ1v) is 4.95. The molecule has 0 aliphatic heterocycles. The number of halogens is 4. The second-order valence-corrected chi connectivity index (χ2v) is 3.41. The lowest BCUT2D eigenvalue weighted by Crippen LogP contribution is -2.18. The van der Waals surface area contributed by atoms with Gasteiger partial charge < -0.3 is 9.84 Å². The molecule has 1 N–H and O–H groups in total. The predicted octanol–water partition coefficient (Wildman–Crippen LogP) is 2.35. The van der Waals surface area contributed by atoms with E-state index in [1.165, 1.54) is 6.92 Å². The van der Waals surface area contributed by atoms with Gasteiger partial charge in [-0.1, -0.05) is 11.6 Å². The summed E-state index contributed by atoms with van der Waals surface area (Å²) in [7, 11) is 0. The molecule has 17 heavy (non-hydrogen) atoms. The van der Waals surface area contributed by atoms with Crippen molar-refractivity contribution >= 4 is 17.6 Å². The monoisotopic (exact) mass is 268 g/mol. The Morgan fingerprint density at radius 2 is 2.06 bits per heavy atom. The summed E-state index contributed by atoms with van der Waals surface area (Å²) >= 11 is 5.20. The molecule has 94 valence electrons. The number of hydrogen-bond donors (Lipinski definition) is 1. The normalized spacial score (nSPS) is 12.4. The summed E-state index contributed by atoms with van der Waals surface area (Å²) in [5.74, 6) is -5.50. The van der Waals surface area contributed by atoms with Gasteiger partial charge >= 0.3 is 5.97 Å². The number of rotatable bonds is 3. The van der Waals surface area contributed by atoms with Gasteiger partial charge in [0.05, 0.1) is 12.2 Å². The zero-order chi connectivity index (χ0) is 13.2. The smallest absolute Gasteiger partial charge is 0.339 e. The summed E-state index contributed by atoms with van der Waals surface area (Å²) in [6, 6.07) is 0.281. The van der Waals surface area contributed by atoms with E-state index in [1.54, 1.807) is 0 Å². The molecule has 1 unspecified atom stereocenters. The number of benzene rings is 1. The van der Waals surface area contributed by atoms with E-state index in [9.17, 15) is 23.1 Å². The van der Waals surface area contributed by atoms with Crippen LogP contribution in [0.15, 0.2) is 6.07 Å². The summed E-state index contributed by atoms with van der Waals surface area (Å²) in [6.45, 7) is 1.38. The highest BCUT2D eigenvalue weighted by molar-refractivity contribution is 6.31. The zero-order valence-electron chi connectivity index (χ0n) is 8.64. The number of aliphatic hydroxyl groups is 1. The SMILES string of the molecule is CCOC(=O)C(O)c1c(F)cc(F)c(Cl)c1F. The van der Waals surface area contributed by atoms with Gasteiger partial charge in [0.25, 0.3) is 0 Å². The molecule has 0 amide bonds. The van der Waals surface area contributed by atoms with Gasteiger partial charge in [-0.2, -0.15) is 0 Å². The minimum absolute atomic E-state index is 0.0753. The molecule has 0 saturated carbocycles. The van der Waals surface area contributed by atoms with Crippen LogP contribution in [0, 0.1) is 17.5 Å². The minimum Gasteiger partial charge on any atom is -0.464 e. The number of hydrogen-bond acceptors (Lipinski definition) is 3. The number of ether oxygens (including phenoxy) is 1. The second-order valence-electron chi connectivity index (χ2n) is 3.04. The Kier molecular flexibility index (Phi) is 4.36. The molecule has 0 radical (unpaired) electrons. The summed E-state index contributed by atoms with van der Waals surface area (Å²) in [5, 5.41) is 8.37. The molecule has 0 spiro atoms. The number of aliphatic hydroxyl groups excluding tert-OH is 1. The van der Waals surface area contributed by atoms with Crippen molar-refractivity contribution in [1.29, 1.82) is 0 Å². The van der Waals surface area contributed by atoms with E-state index in [1.807, 2.05) is 0 Å². The van der Waals surface area contributed by atoms with Crippen LogP contribution < -0.4 is 0 Å². The van der Waals surface area contributed by atoms with E-state index in [2.05, 4.69) is 4.74 Å². The summed E-state index contributed by atoms with van der Waals surface area (Å²) < 4.78 is 43.8. The molecule has 7 heteroatoms. The van der Waals surface area contributed by atoms with Crippen LogP contribution in [-0.4, -0.2) is 17.7 Å². The van der Waals surface area contributed by atoms with Crippen LogP contribution in [0.3, 0.4) is 0 Å². The quantitative estimate of drug-likeness (QED) is 0.520. The molecule has 1 atom stereocenters. The fourth-order valence-electron chi connectivity index (χ4n) is 1.17. The highest BCUT2D eigenvalue weighted by Gasteiger charge is 2.29. The van der Waals surface area contributed by atoms with Gasteiger partial charge in [-0.05, 0) is 6.92 Å². The van der Waals surface area contributed by atoms with Crippen molar-refractivity contribution in [2.75, 3.05) is 6.61 Å². The number of carbonyl (C=O) groups is 1. The van der Waals surface area contributed by atoms with Gasteiger partial charge in [0.1, 0.15) is 16.7 Å². The van der Waals surface area contributed by atoms with Crippen LogP contribution in [0.5, 0.6) is 0 Å². The lowest BCUT2D eigenvalue weighted by Gasteiger charge is -2.12. The molecule has 1 aromatic carbocycles. The third-order valence-electron chi connectivity index (χ3n) is 1.93. The maximum Gasteiger partial charge on any atom is 0.339 e. The molecule has 3 nitrogen and oxygen atoms in total. The Morgan fingerprint density at radius 3 is 2.59 bits per heavy atom. The van der Waals surface area contributed by atoms with E-state index in [0.29, 0.717) is 0 Å². The predicted molar refractivity (Wildman–Crippen MR) is 52.9 cm³/mol. The van der Waals surface area contributed by atoms with Crippen LogP contribution in [0.2, 0.25) is 5.02 Å². The molecule has 0 aliphatic carbocycles. The molecule has 0 aliphatic rings. The van der Waals surface area contributed by atoms with Gasteiger partial charge in [0, 0.05) is 6.07 Å². The molecule has 1 aromatic rings. The van der Waals surface area contributed by atoms with Crippen LogP contribution in [0.4, 0.5) is 13.2 Å². The average molecular weight is 269 g/mol. The van der Waals surface area contributed by atoms with E-state index in [4.69, 9.17) is 11.6 Å². The molecular weight excluding hydrogens is 261 g/mol. The fourth-order valence-corrected chi connectivity index (χ4v) is 1.33. The van der Waals surface area contributed by atoms with Crippen molar-refractivity contribution < 1.29 is 27.8 Å². The van der Waals surface area contributed by atoms with E-state index >= 15 is 0 Å². The van der Waals surface area contributed by atoms with Crippen molar-refractivity contribution in [3.63, 3.8) is 0 Å². The molecule has 1 rings (SSSR count). The first-order valence-electron chi connectivity index (χ1n) is 4.57. The molecule has 0 saturated heterocycles. The van der Waals surface area contributed by atoms with Crippen molar-refractivity contribution in [1.82, 2.24) is 0 Å². The molecule has 0 bridgehead atoms. The third kappa shape index (κ3) is 2.70. The van der Waals surface area contributed by atoms with Crippen LogP contribution in [-0.2, 0) is 9.53 Å². The van der Waals surface area contributed by atoms with Crippen LogP contribution in [0.1, 0.15) is 18.6 Å². The van der Waals surface area contributed by atoms with Gasteiger partial charge in [0.2, 0.25) is 0 Å². The van der Waals surface area contributed by atoms with Crippen molar-refractivity contribution in [3.8, 4) is 0 Å². The molecular formula is C10H8ClF3O3. The minimum atomic E-state index is -2.19. The van der Waals surface area contributed by atoms with Crippen LogP contribution >= 0.6 is 11.6 Å². The zero-order valence-corrected chi connectivity index (χ0v) is 9.39. The van der Waals surface area contributed by atoms with Gasteiger partial charge in [-0.3, -0.25) is 0 Å². The summed E-state index contributed by atoms with van der Waals surface area (Å²) in [5.41, 5.74) is -1.03. The highest BCUT2D eigenvalue weighted by Crippen LogP contribution is 2.29. The third-order valence-corrected chi connectivity index (χ3v) is 2.28. The van der Waals surface area contributed by atoms with E-state index in [0.717, 1.165) is 0 Å². The fraction of sp³-hybridized carbons (Fsp3) is 0.300. The summed E-state index contributed by atoms with van der Waals surface area (Å²) in [4.78, 5) is 11.1. The van der Waals surface area contributed by atoms with Gasteiger partial charge in [-0.25, -0.2) is 18.0 Å². The summed E-state index contributed by atoms with van der Waals surface area (Å²) in [6.07, 6.45) is -2.19. The lowest BCUT2D eigenvalue weighted by molar-refractivity contribution is -0.153. The van der Waals surface area contributed by atoms with Crippen molar-refractivity contribution in [3.05, 3.63) is 34.1 Å². The topological polar surface area (TPSA) is 46.5 Å². The Hall–Kier alpha value is -1.27. The number of carbonyl (C=O) groups excluding carboxylic acids is 1. The second kappa shape index (κ2) is 5.37. The molecule has 0 fully saturated rings. The van der Waals surface area contributed by atoms with Crippen molar-refractivity contribution in [2.45, 2.75) is 13.0 Å². The largest absolute Gasteiger partial charge is 0.464 e. The molecule has 0 heterocycles.